The van der Waals surface area contributed by atoms with Crippen LogP contribution in [0.4, 0.5) is 0 Å². The van der Waals surface area contributed by atoms with Crippen LogP contribution in [0, 0.1) is 5.41 Å². The number of nitrogens with one attached hydrogen (secondary N) is 2. The molecule has 0 radical (unpaired) electrons. The van der Waals surface area contributed by atoms with Crippen LogP contribution in [0.5, 0.6) is 0 Å². The van der Waals surface area contributed by atoms with E-state index in [1.165, 1.54) is 11.8 Å². The lowest BCUT2D eigenvalue weighted by Crippen LogP contribution is -2.23. The minimum Gasteiger partial charge on any atom is -0.387 e. The minimum atomic E-state index is -0.214. The van der Waals surface area contributed by atoms with Crippen LogP contribution in [0.25, 0.3) is 0 Å². The highest BCUT2D eigenvalue weighted by atomic mass is 32.2. The number of hydrogen-bond donors (Lipinski definition) is 3. The number of aromatic amines is 1. The first-order valence-corrected chi connectivity index (χ1v) is 7.29. The van der Waals surface area contributed by atoms with E-state index >= 15 is 0 Å². The van der Waals surface area contributed by atoms with Gasteiger partial charge in [-0.25, -0.2) is 9.89 Å². The van der Waals surface area contributed by atoms with Gasteiger partial charge in [-0.15, -0.1) is 5.10 Å². The molecule has 1 unspecified atom stereocenters. The van der Waals surface area contributed by atoms with E-state index < -0.39 is 0 Å². The Kier molecular flexibility index (Phi) is 4.62. The lowest BCUT2D eigenvalue weighted by molar-refractivity contribution is 0.660. The van der Waals surface area contributed by atoms with Crippen LogP contribution in [0.15, 0.2) is 40.3 Å². The van der Waals surface area contributed by atoms with Crippen LogP contribution in [-0.4, -0.2) is 26.4 Å². The molecule has 1 atom stereocenters. The summed E-state index contributed by atoms with van der Waals surface area (Å²) in [6.45, 7) is 2.45. The monoisotopic (exact) mass is 291 g/mol. The maximum Gasteiger partial charge on any atom is 0.343 e. The Labute approximate surface area is 120 Å². The third-order valence-electron chi connectivity index (χ3n) is 3.00. The first-order chi connectivity index (χ1) is 9.63. The largest absolute Gasteiger partial charge is 0.387 e. The fraction of sp³-hybridized carbons (Fsp3) is 0.308. The van der Waals surface area contributed by atoms with Crippen molar-refractivity contribution in [1.82, 2.24) is 14.8 Å². The zero-order chi connectivity index (χ0) is 14.5. The van der Waals surface area contributed by atoms with Gasteiger partial charge in [-0.2, -0.15) is 0 Å². The summed E-state index contributed by atoms with van der Waals surface area (Å²) < 4.78 is 1.56. The summed E-state index contributed by atoms with van der Waals surface area (Å²) in [6.07, 6.45) is 0. The number of amidine groups is 1. The molecule has 1 aromatic heterocycles. The van der Waals surface area contributed by atoms with Gasteiger partial charge < -0.3 is 5.73 Å². The van der Waals surface area contributed by atoms with Crippen LogP contribution >= 0.6 is 11.8 Å². The maximum atomic E-state index is 11.5. The highest BCUT2D eigenvalue weighted by molar-refractivity contribution is 7.99. The van der Waals surface area contributed by atoms with Gasteiger partial charge in [0.1, 0.15) is 0 Å². The molecule has 20 heavy (non-hydrogen) atoms. The summed E-state index contributed by atoms with van der Waals surface area (Å²) in [6, 6.07) is 9.67. The molecule has 106 valence electrons. The third-order valence-corrected chi connectivity index (χ3v) is 4.07. The van der Waals surface area contributed by atoms with Gasteiger partial charge in [0.05, 0.1) is 11.8 Å². The van der Waals surface area contributed by atoms with Crippen molar-refractivity contribution in [2.75, 3.05) is 5.75 Å². The molecule has 0 aliphatic heterocycles. The van der Waals surface area contributed by atoms with Crippen LogP contribution in [0.2, 0.25) is 0 Å². The number of benzene rings is 1. The Morgan fingerprint density at radius 3 is 2.80 bits per heavy atom. The number of nitrogens with two attached hydrogens (primary N) is 1. The zero-order valence-electron chi connectivity index (χ0n) is 11.2. The first kappa shape index (κ1) is 14.4. The van der Waals surface area contributed by atoms with E-state index in [2.05, 4.69) is 10.2 Å². The van der Waals surface area contributed by atoms with E-state index in [1.807, 2.05) is 37.3 Å². The van der Waals surface area contributed by atoms with Gasteiger partial charge in [0, 0.05) is 12.3 Å². The topological polar surface area (TPSA) is 101 Å². The predicted octanol–water partition coefficient (Wildman–Crippen LogP) is 1.40. The summed E-state index contributed by atoms with van der Waals surface area (Å²) in [4.78, 5) is 11.5. The van der Waals surface area contributed by atoms with Crippen molar-refractivity contribution >= 4 is 17.6 Å². The van der Waals surface area contributed by atoms with Crippen molar-refractivity contribution < 1.29 is 0 Å². The van der Waals surface area contributed by atoms with Crippen LogP contribution < -0.4 is 11.4 Å². The van der Waals surface area contributed by atoms with E-state index in [4.69, 9.17) is 11.1 Å². The molecule has 1 heterocycles. The van der Waals surface area contributed by atoms with Crippen LogP contribution in [0.1, 0.15) is 18.4 Å². The summed E-state index contributed by atoms with van der Waals surface area (Å²) in [5.74, 6) is 0.506. The van der Waals surface area contributed by atoms with E-state index in [9.17, 15) is 4.79 Å². The predicted molar refractivity (Wildman–Crippen MR) is 80.3 cm³/mol. The smallest absolute Gasteiger partial charge is 0.343 e. The number of thioether (sulfide) groups is 1. The molecule has 2 aromatic rings. The molecule has 2 rings (SSSR count). The highest BCUT2D eigenvalue weighted by Gasteiger charge is 2.17. The highest BCUT2D eigenvalue weighted by Crippen LogP contribution is 2.24. The third kappa shape index (κ3) is 3.11. The molecule has 0 bridgehead atoms. The summed E-state index contributed by atoms with van der Waals surface area (Å²) in [5.41, 5.74) is 6.46. The molecular weight excluding hydrogens is 274 g/mol. The molecule has 0 aliphatic rings. The molecule has 4 N–H and O–H groups in total. The van der Waals surface area contributed by atoms with E-state index in [0.29, 0.717) is 17.5 Å². The van der Waals surface area contributed by atoms with Crippen molar-refractivity contribution in [3.05, 3.63) is 46.4 Å². The van der Waals surface area contributed by atoms with Crippen LogP contribution in [0.3, 0.4) is 0 Å². The normalized spacial score (nSPS) is 12.2. The van der Waals surface area contributed by atoms with Gasteiger partial charge >= 0.3 is 5.69 Å². The fourth-order valence-corrected chi connectivity index (χ4v) is 3.07. The van der Waals surface area contributed by atoms with Crippen molar-refractivity contribution in [2.45, 2.75) is 24.5 Å². The molecule has 0 aliphatic carbocycles. The van der Waals surface area contributed by atoms with Crippen LogP contribution in [-0.2, 0) is 6.54 Å². The number of rotatable bonds is 6. The minimum absolute atomic E-state index is 0.115. The fourth-order valence-electron chi connectivity index (χ4n) is 1.90. The van der Waals surface area contributed by atoms with Gasteiger partial charge in [-0.1, -0.05) is 42.1 Å². The Hall–Kier alpha value is -2.02. The Bertz CT molecular complexity index is 634. The molecule has 7 heteroatoms. The first-order valence-electron chi connectivity index (χ1n) is 6.30. The van der Waals surface area contributed by atoms with Crippen molar-refractivity contribution in [2.24, 2.45) is 5.73 Å². The molecule has 0 fully saturated rings. The maximum absolute atomic E-state index is 11.5. The Morgan fingerprint density at radius 1 is 1.50 bits per heavy atom. The quantitative estimate of drug-likeness (QED) is 0.425. The number of hydrogen-bond acceptors (Lipinski definition) is 4. The number of nitrogens with zero attached hydrogens (tertiary/aromatic N) is 2. The van der Waals surface area contributed by atoms with Crippen molar-refractivity contribution in [3.63, 3.8) is 0 Å². The van der Waals surface area contributed by atoms with Crippen molar-refractivity contribution in [1.29, 1.82) is 5.41 Å². The summed E-state index contributed by atoms with van der Waals surface area (Å²) in [5, 5.41) is 14.8. The Morgan fingerprint density at radius 2 is 2.20 bits per heavy atom. The molecule has 0 saturated heterocycles. The second kappa shape index (κ2) is 6.42. The lowest BCUT2D eigenvalue weighted by atomic mass is 10.0. The average molecular weight is 291 g/mol. The van der Waals surface area contributed by atoms with Gasteiger partial charge in [-0.05, 0) is 12.5 Å². The van der Waals surface area contributed by atoms with Gasteiger partial charge in [0.2, 0.25) is 0 Å². The molecule has 0 spiro atoms. The molecular formula is C13H17N5OS. The Balaban J connectivity index is 2.14. The number of H-pyrrole nitrogens is 1. The average Bonchev–Trinajstić information content (AvgIpc) is 2.80. The van der Waals surface area contributed by atoms with Crippen molar-refractivity contribution in [3.8, 4) is 0 Å². The molecule has 1 aromatic carbocycles. The van der Waals surface area contributed by atoms with Gasteiger partial charge in [0.25, 0.3) is 0 Å². The van der Waals surface area contributed by atoms with E-state index in [0.717, 1.165) is 5.56 Å². The van der Waals surface area contributed by atoms with Gasteiger partial charge in [0.15, 0.2) is 5.16 Å². The zero-order valence-corrected chi connectivity index (χ0v) is 12.0. The lowest BCUT2D eigenvalue weighted by Gasteiger charge is -2.15. The second-order valence-electron chi connectivity index (χ2n) is 4.29. The standard InChI is InChI=1S/C13H17N5OS/c1-2-18-12(19)16-17-13(18)20-8-10(11(14)15)9-6-4-3-5-7-9/h3-7,10H,2,8H2,1H3,(H3,14,15)(H,16,19). The SMILES string of the molecule is CCn1c(SCC(C(=N)N)c2ccccc2)n[nH]c1=O. The van der Waals surface area contributed by atoms with E-state index in [1.54, 1.807) is 4.57 Å². The molecule has 6 nitrogen and oxygen atoms in total. The second-order valence-corrected chi connectivity index (χ2v) is 5.27. The number of aromatic nitrogens is 3. The van der Waals surface area contributed by atoms with Gasteiger partial charge in [-0.3, -0.25) is 9.98 Å². The molecule has 0 amide bonds. The summed E-state index contributed by atoms with van der Waals surface area (Å²) in [7, 11) is 0. The summed E-state index contributed by atoms with van der Waals surface area (Å²) >= 11 is 1.42. The van der Waals surface area contributed by atoms with E-state index in [-0.39, 0.29) is 17.4 Å². The molecule has 0 saturated carbocycles.